The van der Waals surface area contributed by atoms with E-state index in [9.17, 15) is 9.18 Å². The lowest BCUT2D eigenvalue weighted by atomic mass is 10.1. The highest BCUT2D eigenvalue weighted by molar-refractivity contribution is 9.10. The fourth-order valence-corrected chi connectivity index (χ4v) is 1.73. The lowest BCUT2D eigenvalue weighted by Gasteiger charge is -2.07. The SMILES string of the molecule is COC(=O)c1cc(F)cc(Br)c1CC#N. The van der Waals surface area contributed by atoms with Crippen LogP contribution in [-0.2, 0) is 11.2 Å². The number of benzene rings is 1. The average Bonchev–Trinajstić information content (AvgIpc) is 2.20. The lowest BCUT2D eigenvalue weighted by Crippen LogP contribution is -2.07. The van der Waals surface area contributed by atoms with Crippen molar-refractivity contribution < 1.29 is 13.9 Å². The molecule has 0 unspecified atom stereocenters. The van der Waals surface area contributed by atoms with Crippen LogP contribution in [0.3, 0.4) is 0 Å². The Morgan fingerprint density at radius 3 is 2.87 bits per heavy atom. The zero-order chi connectivity index (χ0) is 11.4. The Balaban J connectivity index is 3.34. The molecule has 0 aliphatic heterocycles. The summed E-state index contributed by atoms with van der Waals surface area (Å²) in [7, 11) is 1.21. The molecule has 0 aliphatic rings. The molecule has 78 valence electrons. The fourth-order valence-electron chi connectivity index (χ4n) is 1.15. The Morgan fingerprint density at radius 1 is 1.67 bits per heavy atom. The summed E-state index contributed by atoms with van der Waals surface area (Å²) < 4.78 is 17.9. The van der Waals surface area contributed by atoms with Gasteiger partial charge in [0.05, 0.1) is 25.2 Å². The van der Waals surface area contributed by atoms with Gasteiger partial charge in [0.25, 0.3) is 0 Å². The Morgan fingerprint density at radius 2 is 2.33 bits per heavy atom. The van der Waals surface area contributed by atoms with Gasteiger partial charge in [-0.05, 0) is 17.7 Å². The van der Waals surface area contributed by atoms with Gasteiger partial charge in [-0.2, -0.15) is 5.26 Å². The monoisotopic (exact) mass is 271 g/mol. The zero-order valence-corrected chi connectivity index (χ0v) is 9.47. The highest BCUT2D eigenvalue weighted by atomic mass is 79.9. The van der Waals surface area contributed by atoms with Gasteiger partial charge >= 0.3 is 5.97 Å². The number of carbonyl (C=O) groups is 1. The van der Waals surface area contributed by atoms with Crippen LogP contribution >= 0.6 is 15.9 Å². The number of nitrogens with zero attached hydrogens (tertiary/aromatic N) is 1. The Kier molecular flexibility index (Phi) is 3.81. The van der Waals surface area contributed by atoms with Gasteiger partial charge in [-0.25, -0.2) is 9.18 Å². The molecular formula is C10H7BrFNO2. The van der Waals surface area contributed by atoms with E-state index in [1.54, 1.807) is 0 Å². The van der Waals surface area contributed by atoms with E-state index < -0.39 is 11.8 Å². The van der Waals surface area contributed by atoms with Crippen molar-refractivity contribution in [2.75, 3.05) is 7.11 Å². The van der Waals surface area contributed by atoms with Gasteiger partial charge in [0.2, 0.25) is 0 Å². The largest absolute Gasteiger partial charge is 0.465 e. The second-order valence-electron chi connectivity index (χ2n) is 2.74. The molecule has 15 heavy (non-hydrogen) atoms. The second-order valence-corrected chi connectivity index (χ2v) is 3.59. The van der Waals surface area contributed by atoms with E-state index in [0.29, 0.717) is 10.0 Å². The first-order valence-electron chi connectivity index (χ1n) is 4.03. The zero-order valence-electron chi connectivity index (χ0n) is 7.88. The van der Waals surface area contributed by atoms with Crippen molar-refractivity contribution in [2.45, 2.75) is 6.42 Å². The van der Waals surface area contributed by atoms with Crippen molar-refractivity contribution in [3.8, 4) is 6.07 Å². The number of carbonyl (C=O) groups excluding carboxylic acids is 1. The maximum Gasteiger partial charge on any atom is 0.338 e. The molecule has 0 atom stereocenters. The Bertz CT molecular complexity index is 440. The van der Waals surface area contributed by atoms with Gasteiger partial charge in [-0.1, -0.05) is 15.9 Å². The Labute approximate surface area is 94.6 Å². The number of halogens is 2. The maximum absolute atomic E-state index is 13.0. The number of rotatable bonds is 2. The molecule has 0 aliphatic carbocycles. The molecule has 1 rings (SSSR count). The minimum atomic E-state index is -0.652. The minimum absolute atomic E-state index is 0.0191. The van der Waals surface area contributed by atoms with E-state index in [0.717, 1.165) is 6.07 Å². The first kappa shape index (κ1) is 11.7. The quantitative estimate of drug-likeness (QED) is 0.777. The van der Waals surface area contributed by atoms with Crippen molar-refractivity contribution in [1.29, 1.82) is 5.26 Å². The van der Waals surface area contributed by atoms with Crippen LogP contribution in [-0.4, -0.2) is 13.1 Å². The summed E-state index contributed by atoms with van der Waals surface area (Å²) in [5.41, 5.74) is 0.511. The van der Waals surface area contributed by atoms with Crippen molar-refractivity contribution in [3.05, 3.63) is 33.5 Å². The van der Waals surface area contributed by atoms with Crippen molar-refractivity contribution in [3.63, 3.8) is 0 Å². The molecule has 5 heteroatoms. The van der Waals surface area contributed by atoms with Crippen LogP contribution in [0.15, 0.2) is 16.6 Å². The molecule has 0 bridgehead atoms. The summed E-state index contributed by atoms with van der Waals surface area (Å²) in [5.74, 6) is -1.20. The van der Waals surface area contributed by atoms with Crippen molar-refractivity contribution in [2.24, 2.45) is 0 Å². The molecule has 3 nitrogen and oxygen atoms in total. The third-order valence-corrected chi connectivity index (χ3v) is 2.53. The normalized spacial score (nSPS) is 9.47. The van der Waals surface area contributed by atoms with E-state index in [4.69, 9.17) is 5.26 Å². The van der Waals surface area contributed by atoms with E-state index in [2.05, 4.69) is 20.7 Å². The smallest absolute Gasteiger partial charge is 0.338 e. The average molecular weight is 272 g/mol. The summed E-state index contributed by atoms with van der Waals surface area (Å²) in [4.78, 5) is 11.3. The fraction of sp³-hybridized carbons (Fsp3) is 0.200. The summed E-state index contributed by atoms with van der Waals surface area (Å²) in [6, 6.07) is 4.17. The molecule has 0 heterocycles. The predicted molar refractivity (Wildman–Crippen MR) is 54.8 cm³/mol. The van der Waals surface area contributed by atoms with Crippen LogP contribution < -0.4 is 0 Å². The van der Waals surface area contributed by atoms with Crippen molar-refractivity contribution >= 4 is 21.9 Å². The molecule has 0 saturated heterocycles. The third kappa shape index (κ3) is 2.54. The number of ether oxygens (including phenoxy) is 1. The number of hydrogen-bond acceptors (Lipinski definition) is 3. The molecule has 0 aromatic heterocycles. The highest BCUT2D eigenvalue weighted by Crippen LogP contribution is 2.23. The highest BCUT2D eigenvalue weighted by Gasteiger charge is 2.16. The molecular weight excluding hydrogens is 265 g/mol. The van der Waals surface area contributed by atoms with Crippen LogP contribution in [0.25, 0.3) is 0 Å². The van der Waals surface area contributed by atoms with Gasteiger partial charge in [-0.15, -0.1) is 0 Å². The number of methoxy groups -OCH3 is 1. The van der Waals surface area contributed by atoms with E-state index in [1.165, 1.54) is 13.2 Å². The summed E-state index contributed by atoms with van der Waals surface area (Å²) >= 11 is 3.10. The molecule has 0 spiro atoms. The third-order valence-electron chi connectivity index (χ3n) is 1.82. The van der Waals surface area contributed by atoms with Crippen LogP contribution in [0.1, 0.15) is 15.9 Å². The van der Waals surface area contributed by atoms with Crippen LogP contribution in [0.4, 0.5) is 4.39 Å². The molecule has 0 fully saturated rings. The van der Waals surface area contributed by atoms with Crippen molar-refractivity contribution in [1.82, 2.24) is 0 Å². The summed E-state index contributed by atoms with van der Waals surface area (Å²) in [5, 5.41) is 8.58. The topological polar surface area (TPSA) is 50.1 Å². The maximum atomic E-state index is 13.0. The number of hydrogen-bond donors (Lipinski definition) is 0. The van der Waals surface area contributed by atoms with Gasteiger partial charge < -0.3 is 4.74 Å². The molecule has 0 N–H and O–H groups in total. The van der Waals surface area contributed by atoms with Crippen LogP contribution in [0.5, 0.6) is 0 Å². The number of nitriles is 1. The van der Waals surface area contributed by atoms with Crippen LogP contribution in [0, 0.1) is 17.1 Å². The van der Waals surface area contributed by atoms with Gasteiger partial charge in [-0.3, -0.25) is 0 Å². The number of esters is 1. The lowest BCUT2D eigenvalue weighted by molar-refractivity contribution is 0.0599. The standard InChI is InChI=1S/C10H7BrFNO2/c1-15-10(14)8-4-6(12)5-9(11)7(8)2-3-13/h4-5H,2H2,1H3. The van der Waals surface area contributed by atoms with E-state index >= 15 is 0 Å². The van der Waals surface area contributed by atoms with E-state index in [1.807, 2.05) is 6.07 Å². The molecule has 1 aromatic carbocycles. The summed E-state index contributed by atoms with van der Waals surface area (Å²) in [6.45, 7) is 0. The van der Waals surface area contributed by atoms with Gasteiger partial charge in [0.15, 0.2) is 0 Å². The molecule has 0 radical (unpaired) electrons. The first-order valence-corrected chi connectivity index (χ1v) is 4.82. The molecule has 0 saturated carbocycles. The Hall–Kier alpha value is -1.41. The summed E-state index contributed by atoms with van der Waals surface area (Å²) in [6.07, 6.45) is 0.0191. The minimum Gasteiger partial charge on any atom is -0.465 e. The van der Waals surface area contributed by atoms with Gasteiger partial charge in [0.1, 0.15) is 5.82 Å². The molecule has 1 aromatic rings. The predicted octanol–water partition coefficient (Wildman–Crippen LogP) is 2.44. The van der Waals surface area contributed by atoms with E-state index in [-0.39, 0.29) is 12.0 Å². The second kappa shape index (κ2) is 4.89. The first-order chi connectivity index (χ1) is 7.10. The molecule has 0 amide bonds. The van der Waals surface area contributed by atoms with Crippen LogP contribution in [0.2, 0.25) is 0 Å². The van der Waals surface area contributed by atoms with Gasteiger partial charge in [0, 0.05) is 4.47 Å².